The van der Waals surface area contributed by atoms with Crippen molar-refractivity contribution >= 4 is 23.4 Å². The second-order valence-corrected chi connectivity index (χ2v) is 4.95. The molecule has 1 aromatic heterocycles. The van der Waals surface area contributed by atoms with Gasteiger partial charge >= 0.3 is 5.97 Å². The molecule has 0 bridgehead atoms. The van der Waals surface area contributed by atoms with Crippen LogP contribution in [0.1, 0.15) is 22.1 Å². The molecule has 0 saturated carbocycles. The van der Waals surface area contributed by atoms with Crippen LogP contribution in [0.5, 0.6) is 0 Å². The van der Waals surface area contributed by atoms with Gasteiger partial charge in [0.15, 0.2) is 5.82 Å². The Labute approximate surface area is 120 Å². The number of nitrogens with one attached hydrogen (secondary N) is 1. The number of anilines is 1. The van der Waals surface area contributed by atoms with Crippen LogP contribution in [0.3, 0.4) is 0 Å². The fourth-order valence-corrected chi connectivity index (χ4v) is 2.43. The lowest BCUT2D eigenvalue weighted by molar-refractivity contribution is 0.0694. The number of carbonyl (C=O) groups is 1. The quantitative estimate of drug-likeness (QED) is 0.791. The molecule has 6 nitrogen and oxygen atoms in total. The highest BCUT2D eigenvalue weighted by Crippen LogP contribution is 2.27. The molecule has 2 aromatic rings. The van der Waals surface area contributed by atoms with Gasteiger partial charge in [-0.2, -0.15) is 4.98 Å². The normalized spacial score (nSPS) is 10.5. The SMILES string of the molecule is CSc1cccc(NCCc2nc(C)no2)c1C(=O)O. The zero-order valence-corrected chi connectivity index (χ0v) is 12.0. The molecule has 0 unspecified atom stereocenters. The van der Waals surface area contributed by atoms with E-state index in [1.807, 2.05) is 12.3 Å². The molecule has 0 fully saturated rings. The van der Waals surface area contributed by atoms with Crippen molar-refractivity contribution in [1.29, 1.82) is 0 Å². The Hall–Kier alpha value is -2.02. The molecule has 7 heteroatoms. The number of carboxylic acids is 1. The Kier molecular flexibility index (Phi) is 4.62. The first-order valence-corrected chi connectivity index (χ1v) is 7.27. The molecule has 1 aromatic carbocycles. The van der Waals surface area contributed by atoms with Gasteiger partial charge in [0.2, 0.25) is 5.89 Å². The number of aryl methyl sites for hydroxylation is 1. The predicted molar refractivity (Wildman–Crippen MR) is 76.4 cm³/mol. The number of hydrogen-bond donors (Lipinski definition) is 2. The molecule has 1 heterocycles. The van der Waals surface area contributed by atoms with Crippen molar-refractivity contribution in [3.8, 4) is 0 Å². The first-order chi connectivity index (χ1) is 9.61. The van der Waals surface area contributed by atoms with Gasteiger partial charge in [0.1, 0.15) is 0 Å². The zero-order chi connectivity index (χ0) is 14.5. The summed E-state index contributed by atoms with van der Waals surface area (Å²) in [4.78, 5) is 16.2. The summed E-state index contributed by atoms with van der Waals surface area (Å²) in [5.74, 6) is 0.189. The van der Waals surface area contributed by atoms with Gasteiger partial charge in [-0.15, -0.1) is 11.8 Å². The summed E-state index contributed by atoms with van der Waals surface area (Å²) >= 11 is 1.41. The summed E-state index contributed by atoms with van der Waals surface area (Å²) in [6, 6.07) is 5.38. The Morgan fingerprint density at radius 2 is 2.30 bits per heavy atom. The molecule has 20 heavy (non-hydrogen) atoms. The summed E-state index contributed by atoms with van der Waals surface area (Å²) in [5, 5.41) is 16.1. The topological polar surface area (TPSA) is 88.3 Å². The summed E-state index contributed by atoms with van der Waals surface area (Å²) in [6.07, 6.45) is 2.40. The van der Waals surface area contributed by atoms with Crippen molar-refractivity contribution in [1.82, 2.24) is 10.1 Å². The van der Waals surface area contributed by atoms with Gasteiger partial charge in [0.25, 0.3) is 0 Å². The van der Waals surface area contributed by atoms with Gasteiger partial charge in [-0.05, 0) is 25.3 Å². The van der Waals surface area contributed by atoms with Crippen LogP contribution in [0.15, 0.2) is 27.6 Å². The lowest BCUT2D eigenvalue weighted by atomic mass is 10.1. The van der Waals surface area contributed by atoms with Gasteiger partial charge in [-0.1, -0.05) is 11.2 Å². The summed E-state index contributed by atoms with van der Waals surface area (Å²) in [5.41, 5.74) is 0.891. The molecule has 106 valence electrons. The first-order valence-electron chi connectivity index (χ1n) is 6.05. The van der Waals surface area contributed by atoms with E-state index in [0.29, 0.717) is 35.9 Å². The van der Waals surface area contributed by atoms with E-state index in [1.165, 1.54) is 11.8 Å². The third-order valence-corrected chi connectivity index (χ3v) is 3.46. The lowest BCUT2D eigenvalue weighted by Gasteiger charge is -2.11. The van der Waals surface area contributed by atoms with Crippen molar-refractivity contribution in [2.75, 3.05) is 18.1 Å². The Morgan fingerprint density at radius 1 is 1.50 bits per heavy atom. The van der Waals surface area contributed by atoms with Crippen LogP contribution >= 0.6 is 11.8 Å². The second-order valence-electron chi connectivity index (χ2n) is 4.10. The van der Waals surface area contributed by atoms with Crippen LogP contribution in [-0.4, -0.2) is 34.0 Å². The molecule has 0 radical (unpaired) electrons. The molecule has 2 N–H and O–H groups in total. The van der Waals surface area contributed by atoms with E-state index in [0.717, 1.165) is 4.90 Å². The van der Waals surface area contributed by atoms with Crippen molar-refractivity contribution in [2.45, 2.75) is 18.2 Å². The number of nitrogens with zero attached hydrogens (tertiary/aromatic N) is 2. The zero-order valence-electron chi connectivity index (χ0n) is 11.2. The Bertz CT molecular complexity index is 613. The smallest absolute Gasteiger partial charge is 0.338 e. The fourth-order valence-electron chi connectivity index (χ4n) is 1.81. The number of carboxylic acid groups (broad SMARTS) is 1. The van der Waals surface area contributed by atoms with Crippen LogP contribution in [0.25, 0.3) is 0 Å². The third kappa shape index (κ3) is 3.30. The minimum absolute atomic E-state index is 0.293. The number of benzene rings is 1. The maximum Gasteiger partial charge on any atom is 0.338 e. The average molecular weight is 293 g/mol. The standard InChI is InChI=1S/C13H15N3O3S/c1-8-15-11(19-16-8)6-7-14-9-4-3-5-10(20-2)12(9)13(17)18/h3-5,14H,6-7H2,1-2H3,(H,17,18). The van der Waals surface area contributed by atoms with E-state index < -0.39 is 5.97 Å². The molecule has 0 aliphatic carbocycles. The van der Waals surface area contributed by atoms with Crippen molar-refractivity contribution < 1.29 is 14.4 Å². The predicted octanol–water partition coefficient (Wildman–Crippen LogP) is 2.45. The molecule has 0 aliphatic heterocycles. The molecule has 0 aliphatic rings. The largest absolute Gasteiger partial charge is 0.478 e. The number of aromatic nitrogens is 2. The van der Waals surface area contributed by atoms with E-state index in [-0.39, 0.29) is 0 Å². The second kappa shape index (κ2) is 6.42. The number of rotatable bonds is 6. The first kappa shape index (κ1) is 14.4. The van der Waals surface area contributed by atoms with E-state index >= 15 is 0 Å². The van der Waals surface area contributed by atoms with Crippen LogP contribution in [0.4, 0.5) is 5.69 Å². The van der Waals surface area contributed by atoms with Gasteiger partial charge in [-0.25, -0.2) is 4.79 Å². The van der Waals surface area contributed by atoms with Gasteiger partial charge in [0, 0.05) is 23.5 Å². The molecular formula is C13H15N3O3S. The monoisotopic (exact) mass is 293 g/mol. The highest BCUT2D eigenvalue weighted by Gasteiger charge is 2.14. The third-order valence-electron chi connectivity index (χ3n) is 2.68. The number of hydrogen-bond acceptors (Lipinski definition) is 6. The van der Waals surface area contributed by atoms with Crippen molar-refractivity contribution in [3.05, 3.63) is 35.5 Å². The summed E-state index contributed by atoms with van der Waals surface area (Å²) in [7, 11) is 0. The van der Waals surface area contributed by atoms with Crippen molar-refractivity contribution in [3.63, 3.8) is 0 Å². The van der Waals surface area contributed by atoms with Crippen LogP contribution in [0, 0.1) is 6.92 Å². The average Bonchev–Trinajstić information content (AvgIpc) is 2.83. The summed E-state index contributed by atoms with van der Waals surface area (Å²) in [6.45, 7) is 2.28. The van der Waals surface area contributed by atoms with E-state index in [9.17, 15) is 9.90 Å². The Balaban J connectivity index is 2.07. The molecule has 2 rings (SSSR count). The molecule has 0 saturated heterocycles. The molecule has 0 spiro atoms. The van der Waals surface area contributed by atoms with E-state index in [2.05, 4.69) is 15.5 Å². The molecular weight excluding hydrogens is 278 g/mol. The minimum atomic E-state index is -0.939. The number of aromatic carboxylic acids is 1. The Morgan fingerprint density at radius 3 is 2.90 bits per heavy atom. The van der Waals surface area contributed by atoms with Crippen LogP contribution in [0.2, 0.25) is 0 Å². The number of thioether (sulfide) groups is 1. The minimum Gasteiger partial charge on any atom is -0.478 e. The van der Waals surface area contributed by atoms with Gasteiger partial charge in [-0.3, -0.25) is 0 Å². The highest BCUT2D eigenvalue weighted by molar-refractivity contribution is 7.98. The fraction of sp³-hybridized carbons (Fsp3) is 0.308. The van der Waals surface area contributed by atoms with Gasteiger partial charge in [0.05, 0.1) is 5.56 Å². The maximum atomic E-state index is 11.3. The van der Waals surface area contributed by atoms with Crippen LogP contribution < -0.4 is 5.32 Å². The van der Waals surface area contributed by atoms with E-state index in [4.69, 9.17) is 4.52 Å². The van der Waals surface area contributed by atoms with Gasteiger partial charge < -0.3 is 14.9 Å². The summed E-state index contributed by atoms with van der Waals surface area (Å²) < 4.78 is 5.00. The molecule has 0 amide bonds. The maximum absolute atomic E-state index is 11.3. The molecule has 0 atom stereocenters. The van der Waals surface area contributed by atoms with Crippen molar-refractivity contribution in [2.24, 2.45) is 0 Å². The van der Waals surface area contributed by atoms with E-state index in [1.54, 1.807) is 19.1 Å². The lowest BCUT2D eigenvalue weighted by Crippen LogP contribution is -2.10. The van der Waals surface area contributed by atoms with Crippen LogP contribution in [-0.2, 0) is 6.42 Å². The highest BCUT2D eigenvalue weighted by atomic mass is 32.2.